The van der Waals surface area contributed by atoms with E-state index in [1.54, 1.807) is 24.3 Å². The van der Waals surface area contributed by atoms with E-state index in [9.17, 15) is 9.59 Å². The lowest BCUT2D eigenvalue weighted by Crippen LogP contribution is -3.11. The molecular formula is C20H25N2O4S+. The fourth-order valence-corrected chi connectivity index (χ4v) is 4.59. The first-order chi connectivity index (χ1) is 13.1. The van der Waals surface area contributed by atoms with Gasteiger partial charge in [-0.15, -0.1) is 11.3 Å². The van der Waals surface area contributed by atoms with Crippen LogP contribution in [-0.4, -0.2) is 38.7 Å². The fraction of sp³-hybridized carbons (Fsp3) is 0.400. The highest BCUT2D eigenvalue weighted by Gasteiger charge is 2.30. The molecular weight excluding hydrogens is 364 g/mol. The largest absolute Gasteiger partial charge is 0.494 e. The smallest absolute Gasteiger partial charge is 0.341 e. The van der Waals surface area contributed by atoms with Crippen LogP contribution in [0.2, 0.25) is 0 Å². The predicted octanol–water partition coefficient (Wildman–Crippen LogP) is 2.15. The van der Waals surface area contributed by atoms with E-state index in [1.165, 1.54) is 23.3 Å². The van der Waals surface area contributed by atoms with Gasteiger partial charge in [0.25, 0.3) is 5.91 Å². The van der Waals surface area contributed by atoms with Crippen molar-refractivity contribution in [3.63, 3.8) is 0 Å². The minimum Gasteiger partial charge on any atom is -0.494 e. The van der Waals surface area contributed by atoms with Crippen molar-refractivity contribution in [2.45, 2.75) is 26.8 Å². The first kappa shape index (κ1) is 19.4. The third-order valence-electron chi connectivity index (χ3n) is 4.77. The van der Waals surface area contributed by atoms with Crippen molar-refractivity contribution in [1.82, 2.24) is 0 Å². The van der Waals surface area contributed by atoms with Crippen molar-refractivity contribution >= 4 is 28.2 Å². The van der Waals surface area contributed by atoms with Crippen LogP contribution < -0.4 is 15.0 Å². The summed E-state index contributed by atoms with van der Waals surface area (Å²) in [7, 11) is 1.37. The van der Waals surface area contributed by atoms with E-state index in [2.05, 4.69) is 12.2 Å². The highest BCUT2D eigenvalue weighted by molar-refractivity contribution is 7.17. The summed E-state index contributed by atoms with van der Waals surface area (Å²) >= 11 is 1.48. The number of rotatable bonds is 6. The quantitative estimate of drug-likeness (QED) is 0.743. The lowest BCUT2D eigenvalue weighted by molar-refractivity contribution is -0.913. The van der Waals surface area contributed by atoms with Crippen LogP contribution in [0.4, 0.5) is 5.00 Å². The topological polar surface area (TPSA) is 69.1 Å². The monoisotopic (exact) mass is 389 g/mol. The number of amides is 1. The van der Waals surface area contributed by atoms with Crippen LogP contribution in [0.1, 0.15) is 45.0 Å². The fourth-order valence-electron chi connectivity index (χ4n) is 3.29. The number of thiophene rings is 1. The highest BCUT2D eigenvalue weighted by atomic mass is 32.1. The molecule has 0 bridgehead atoms. The minimum atomic E-state index is -0.394. The molecule has 0 spiro atoms. The maximum absolute atomic E-state index is 12.7. The summed E-state index contributed by atoms with van der Waals surface area (Å²) in [4.78, 5) is 27.7. The van der Waals surface area contributed by atoms with E-state index in [-0.39, 0.29) is 5.91 Å². The number of quaternary nitrogens is 1. The van der Waals surface area contributed by atoms with Crippen molar-refractivity contribution in [3.8, 4) is 5.75 Å². The van der Waals surface area contributed by atoms with Gasteiger partial charge in [0.05, 0.1) is 37.2 Å². The minimum absolute atomic E-state index is 0.249. The van der Waals surface area contributed by atoms with Crippen LogP contribution in [0.25, 0.3) is 0 Å². The van der Waals surface area contributed by atoms with Crippen molar-refractivity contribution < 1.29 is 24.0 Å². The Hall–Kier alpha value is -2.38. The Labute approximate surface area is 163 Å². The van der Waals surface area contributed by atoms with Gasteiger partial charge in [-0.2, -0.15) is 0 Å². The van der Waals surface area contributed by atoms with E-state index >= 15 is 0 Å². The molecule has 144 valence electrons. The summed E-state index contributed by atoms with van der Waals surface area (Å²) in [6.07, 6.45) is 0.818. The van der Waals surface area contributed by atoms with Gasteiger partial charge in [-0.1, -0.05) is 0 Å². The summed E-state index contributed by atoms with van der Waals surface area (Å²) in [5.74, 6) is 0.0782. The number of benzene rings is 1. The number of anilines is 1. The van der Waals surface area contributed by atoms with Gasteiger partial charge in [-0.3, -0.25) is 4.79 Å². The first-order valence-electron chi connectivity index (χ1n) is 9.18. The van der Waals surface area contributed by atoms with Gasteiger partial charge in [0.2, 0.25) is 0 Å². The van der Waals surface area contributed by atoms with E-state index in [0.29, 0.717) is 22.7 Å². The number of likely N-dealkylation sites (N-methyl/N-ethyl adjacent to an activating group) is 1. The lowest BCUT2D eigenvalue weighted by Gasteiger charge is -2.22. The summed E-state index contributed by atoms with van der Waals surface area (Å²) in [5.41, 5.74) is 2.04. The van der Waals surface area contributed by atoms with Gasteiger partial charge < -0.3 is 19.7 Å². The van der Waals surface area contributed by atoms with Crippen molar-refractivity contribution in [2.24, 2.45) is 0 Å². The Kier molecular flexibility index (Phi) is 6.13. The number of methoxy groups -OCH3 is 1. The number of fused-ring (bicyclic) bond motifs is 1. The average molecular weight is 389 g/mol. The predicted molar refractivity (Wildman–Crippen MR) is 105 cm³/mol. The third kappa shape index (κ3) is 4.14. The van der Waals surface area contributed by atoms with Gasteiger partial charge in [-0.25, -0.2) is 4.79 Å². The number of carbonyl (C=O) groups excluding carboxylic acids is 2. The normalized spacial score (nSPS) is 15.7. The Morgan fingerprint density at radius 2 is 1.96 bits per heavy atom. The van der Waals surface area contributed by atoms with Crippen LogP contribution in [0.3, 0.4) is 0 Å². The summed E-state index contributed by atoms with van der Waals surface area (Å²) in [6, 6.07) is 6.96. The van der Waals surface area contributed by atoms with Gasteiger partial charge in [0, 0.05) is 12.0 Å². The maximum atomic E-state index is 12.7. The zero-order valence-electron chi connectivity index (χ0n) is 15.9. The molecule has 27 heavy (non-hydrogen) atoms. The molecule has 7 heteroatoms. The first-order valence-corrected chi connectivity index (χ1v) is 9.99. The molecule has 0 fully saturated rings. The number of carbonyl (C=O) groups is 2. The molecule has 1 atom stereocenters. The Morgan fingerprint density at radius 1 is 1.22 bits per heavy atom. The lowest BCUT2D eigenvalue weighted by atomic mass is 10.0. The summed E-state index contributed by atoms with van der Waals surface area (Å²) < 4.78 is 10.4. The maximum Gasteiger partial charge on any atom is 0.341 e. The molecule has 1 aliphatic rings. The standard InChI is InChI=1S/C20H24N2O4S/c1-4-22-11-10-15-16(12-22)27-19(17(15)20(24)25-3)21-18(23)13-6-8-14(9-7-13)26-5-2/h6-9H,4-5,10-12H2,1-3H3,(H,21,23)/p+1. The molecule has 1 amide bonds. The van der Waals surface area contributed by atoms with Crippen LogP contribution in [-0.2, 0) is 17.7 Å². The molecule has 2 aromatic rings. The molecule has 1 aromatic heterocycles. The SMILES string of the molecule is CCOc1ccc(C(=O)Nc2sc3c(c2C(=O)OC)CC[NH+](CC)C3)cc1. The number of hydrogen-bond donors (Lipinski definition) is 2. The second kappa shape index (κ2) is 8.54. The molecule has 1 aromatic carbocycles. The van der Waals surface area contributed by atoms with E-state index in [0.717, 1.165) is 42.2 Å². The van der Waals surface area contributed by atoms with Crippen LogP contribution in [0.5, 0.6) is 5.75 Å². The summed E-state index contributed by atoms with van der Waals surface area (Å²) in [6.45, 7) is 7.54. The molecule has 6 nitrogen and oxygen atoms in total. The van der Waals surface area contributed by atoms with Crippen molar-refractivity contribution in [1.29, 1.82) is 0 Å². The molecule has 1 aliphatic heterocycles. The highest BCUT2D eigenvalue weighted by Crippen LogP contribution is 2.35. The molecule has 0 aliphatic carbocycles. The number of nitrogens with one attached hydrogen (secondary N) is 2. The van der Waals surface area contributed by atoms with Gasteiger partial charge in [-0.05, 0) is 43.7 Å². The number of hydrogen-bond acceptors (Lipinski definition) is 5. The molecule has 2 N–H and O–H groups in total. The molecule has 0 radical (unpaired) electrons. The van der Waals surface area contributed by atoms with E-state index < -0.39 is 5.97 Å². The van der Waals surface area contributed by atoms with E-state index in [1.807, 2.05) is 6.92 Å². The number of ether oxygens (including phenoxy) is 2. The van der Waals surface area contributed by atoms with Gasteiger partial charge in [0.15, 0.2) is 0 Å². The molecule has 1 unspecified atom stereocenters. The third-order valence-corrected chi connectivity index (χ3v) is 5.92. The van der Waals surface area contributed by atoms with Crippen LogP contribution >= 0.6 is 11.3 Å². The van der Waals surface area contributed by atoms with Crippen LogP contribution in [0, 0.1) is 0 Å². The zero-order valence-corrected chi connectivity index (χ0v) is 16.7. The number of esters is 1. The molecule has 0 saturated carbocycles. The Bertz CT molecular complexity index is 829. The average Bonchev–Trinajstić information content (AvgIpc) is 3.04. The zero-order chi connectivity index (χ0) is 19.4. The van der Waals surface area contributed by atoms with Crippen molar-refractivity contribution in [3.05, 3.63) is 45.8 Å². The van der Waals surface area contributed by atoms with Crippen molar-refractivity contribution in [2.75, 3.05) is 32.1 Å². The Balaban J connectivity index is 1.86. The molecule has 2 heterocycles. The molecule has 0 saturated heterocycles. The van der Waals surface area contributed by atoms with Gasteiger partial charge >= 0.3 is 5.97 Å². The van der Waals surface area contributed by atoms with E-state index in [4.69, 9.17) is 9.47 Å². The van der Waals surface area contributed by atoms with Gasteiger partial charge in [0.1, 0.15) is 17.3 Å². The second-order valence-electron chi connectivity index (χ2n) is 6.39. The Morgan fingerprint density at radius 3 is 2.59 bits per heavy atom. The summed E-state index contributed by atoms with van der Waals surface area (Å²) in [5, 5.41) is 3.48. The van der Waals surface area contributed by atoms with Crippen LogP contribution in [0.15, 0.2) is 24.3 Å². The molecule has 3 rings (SSSR count). The second-order valence-corrected chi connectivity index (χ2v) is 7.50.